The molecular formula is C29H26FN3O4S. The first-order valence-electron chi connectivity index (χ1n) is 12.1. The van der Waals surface area contributed by atoms with E-state index in [0.717, 1.165) is 12.0 Å². The van der Waals surface area contributed by atoms with E-state index >= 15 is 0 Å². The third kappa shape index (κ3) is 5.90. The molecule has 2 atom stereocenters. The largest absolute Gasteiger partial charge is 0.508 e. The molecule has 0 bridgehead atoms. The van der Waals surface area contributed by atoms with E-state index in [2.05, 4.69) is 10.3 Å². The summed E-state index contributed by atoms with van der Waals surface area (Å²) < 4.78 is 42.0. The Morgan fingerprint density at radius 2 is 1.47 bits per heavy atom. The smallest absolute Gasteiger partial charge is 0.243 e. The Kier molecular flexibility index (Phi) is 7.22. The predicted molar refractivity (Wildman–Crippen MR) is 141 cm³/mol. The molecule has 9 heteroatoms. The van der Waals surface area contributed by atoms with E-state index in [1.54, 1.807) is 48.8 Å². The number of anilines is 1. The van der Waals surface area contributed by atoms with Crippen molar-refractivity contribution < 1.29 is 22.7 Å². The number of nitrogens with one attached hydrogen (secondary N) is 1. The van der Waals surface area contributed by atoms with Crippen molar-refractivity contribution in [2.24, 2.45) is 5.92 Å². The van der Waals surface area contributed by atoms with Crippen molar-refractivity contribution in [3.8, 4) is 5.75 Å². The van der Waals surface area contributed by atoms with Gasteiger partial charge in [-0.05, 0) is 89.7 Å². The topological polar surface area (TPSA) is 99.6 Å². The molecule has 3 aromatic carbocycles. The molecule has 1 fully saturated rings. The number of phenolic OH excluding ortho intramolecular Hbond substituents is 1. The molecule has 2 unspecified atom stereocenters. The highest BCUT2D eigenvalue weighted by molar-refractivity contribution is 7.89. The summed E-state index contributed by atoms with van der Waals surface area (Å²) in [6.45, 7) is 0.0800. The van der Waals surface area contributed by atoms with Gasteiger partial charge in [0, 0.05) is 37.1 Å². The number of benzene rings is 3. The van der Waals surface area contributed by atoms with Crippen LogP contribution >= 0.6 is 0 Å². The average Bonchev–Trinajstić information content (AvgIpc) is 3.73. The van der Waals surface area contributed by atoms with Crippen molar-refractivity contribution in [2.75, 3.05) is 5.32 Å². The summed E-state index contributed by atoms with van der Waals surface area (Å²) in [6.07, 6.45) is 4.18. The molecule has 0 radical (unpaired) electrons. The fraction of sp³-hybridized carbons (Fsp3) is 0.172. The quantitative estimate of drug-likeness (QED) is 0.315. The van der Waals surface area contributed by atoms with Crippen LogP contribution in [0, 0.1) is 11.7 Å². The summed E-state index contributed by atoms with van der Waals surface area (Å²) in [6, 6.07) is 21.9. The maximum atomic E-state index is 13.6. The van der Waals surface area contributed by atoms with E-state index in [9.17, 15) is 22.7 Å². The Hall–Kier alpha value is -4.08. The van der Waals surface area contributed by atoms with Crippen LogP contribution in [0.15, 0.2) is 102 Å². The summed E-state index contributed by atoms with van der Waals surface area (Å²) in [5, 5.41) is 12.5. The molecule has 7 nitrogen and oxygen atoms in total. The molecule has 1 aromatic heterocycles. The predicted octanol–water partition coefficient (Wildman–Crippen LogP) is 5.06. The second-order valence-electron chi connectivity index (χ2n) is 9.31. The van der Waals surface area contributed by atoms with E-state index in [4.69, 9.17) is 0 Å². The number of amides is 1. The maximum Gasteiger partial charge on any atom is 0.243 e. The van der Waals surface area contributed by atoms with Crippen LogP contribution in [0.1, 0.15) is 29.0 Å². The number of nitrogens with zero attached hydrogens (tertiary/aromatic N) is 2. The van der Waals surface area contributed by atoms with Gasteiger partial charge in [0.1, 0.15) is 11.6 Å². The van der Waals surface area contributed by atoms with Crippen LogP contribution in [0.25, 0.3) is 0 Å². The Labute approximate surface area is 220 Å². The molecule has 2 N–H and O–H groups in total. The number of hydrogen-bond donors (Lipinski definition) is 2. The van der Waals surface area contributed by atoms with Crippen molar-refractivity contribution in [2.45, 2.75) is 30.3 Å². The van der Waals surface area contributed by atoms with Crippen LogP contribution in [-0.4, -0.2) is 28.7 Å². The number of carbonyl (C=O) groups excluding carboxylic acids is 1. The molecule has 38 heavy (non-hydrogen) atoms. The second-order valence-corrected chi connectivity index (χ2v) is 11.2. The maximum absolute atomic E-state index is 13.6. The van der Waals surface area contributed by atoms with Gasteiger partial charge in [-0.15, -0.1) is 0 Å². The molecule has 1 saturated carbocycles. The van der Waals surface area contributed by atoms with Crippen LogP contribution in [0.4, 0.5) is 10.1 Å². The number of carbonyl (C=O) groups is 1. The summed E-state index contributed by atoms with van der Waals surface area (Å²) >= 11 is 0. The zero-order valence-corrected chi connectivity index (χ0v) is 21.2. The Bertz CT molecular complexity index is 1460. The lowest BCUT2D eigenvalue weighted by molar-refractivity contribution is -0.117. The highest BCUT2D eigenvalue weighted by atomic mass is 32.2. The van der Waals surface area contributed by atoms with E-state index in [1.165, 1.54) is 40.7 Å². The zero-order chi connectivity index (χ0) is 26.7. The van der Waals surface area contributed by atoms with Gasteiger partial charge in [-0.1, -0.05) is 24.3 Å². The van der Waals surface area contributed by atoms with Crippen LogP contribution in [0.5, 0.6) is 5.75 Å². The van der Waals surface area contributed by atoms with Gasteiger partial charge in [0.25, 0.3) is 0 Å². The Balaban J connectivity index is 1.31. The Morgan fingerprint density at radius 1 is 0.895 bits per heavy atom. The molecule has 0 spiro atoms. The van der Waals surface area contributed by atoms with E-state index < -0.39 is 15.8 Å². The van der Waals surface area contributed by atoms with Crippen LogP contribution < -0.4 is 5.32 Å². The second kappa shape index (κ2) is 10.7. The monoisotopic (exact) mass is 531 g/mol. The van der Waals surface area contributed by atoms with Crippen molar-refractivity contribution >= 4 is 21.6 Å². The Morgan fingerprint density at radius 3 is 2.08 bits per heavy atom. The first-order valence-corrected chi connectivity index (χ1v) is 13.6. The zero-order valence-electron chi connectivity index (χ0n) is 20.4. The summed E-state index contributed by atoms with van der Waals surface area (Å²) in [4.78, 5) is 16.8. The van der Waals surface area contributed by atoms with Gasteiger partial charge < -0.3 is 10.4 Å². The van der Waals surface area contributed by atoms with E-state index in [0.29, 0.717) is 16.8 Å². The van der Waals surface area contributed by atoms with E-state index in [-0.39, 0.29) is 41.5 Å². The number of pyridine rings is 1. The number of aromatic nitrogens is 1. The summed E-state index contributed by atoms with van der Waals surface area (Å²) in [5.41, 5.74) is 2.91. The SMILES string of the molecule is O=C(Nc1ccc(S(=O)(=O)N(Cc2ccc(O)cc2)Cc2ccc(F)cc2)cc1)C1CC1c1ccncc1. The normalized spacial score (nSPS) is 16.8. The fourth-order valence-electron chi connectivity index (χ4n) is 4.38. The van der Waals surface area contributed by atoms with Crippen molar-refractivity contribution in [1.82, 2.24) is 9.29 Å². The fourth-order valence-corrected chi connectivity index (χ4v) is 5.80. The molecule has 194 valence electrons. The number of rotatable bonds is 9. The number of halogens is 1. The third-order valence-corrected chi connectivity index (χ3v) is 8.39. The average molecular weight is 532 g/mol. The lowest BCUT2D eigenvalue weighted by Gasteiger charge is -2.23. The number of aromatic hydroxyl groups is 1. The number of phenols is 1. The molecular weight excluding hydrogens is 505 g/mol. The molecule has 0 saturated heterocycles. The summed E-state index contributed by atoms with van der Waals surface area (Å²) in [7, 11) is -3.95. The number of hydrogen-bond acceptors (Lipinski definition) is 5. The van der Waals surface area contributed by atoms with Crippen molar-refractivity contribution in [1.29, 1.82) is 0 Å². The minimum absolute atomic E-state index is 0.0278. The van der Waals surface area contributed by atoms with Crippen molar-refractivity contribution in [3.05, 3.63) is 120 Å². The van der Waals surface area contributed by atoms with Crippen LogP contribution in [-0.2, 0) is 27.9 Å². The summed E-state index contributed by atoms with van der Waals surface area (Å²) in [5.74, 6) is -0.391. The van der Waals surface area contributed by atoms with Gasteiger partial charge in [-0.25, -0.2) is 12.8 Å². The van der Waals surface area contributed by atoms with Gasteiger partial charge in [0.15, 0.2) is 0 Å². The minimum Gasteiger partial charge on any atom is -0.508 e. The highest BCUT2D eigenvalue weighted by Gasteiger charge is 2.43. The van der Waals surface area contributed by atoms with Gasteiger partial charge in [0.05, 0.1) is 4.90 Å². The van der Waals surface area contributed by atoms with Gasteiger partial charge in [-0.2, -0.15) is 4.31 Å². The molecule has 1 aliphatic carbocycles. The first-order chi connectivity index (χ1) is 18.3. The molecule has 5 rings (SSSR count). The lowest BCUT2D eigenvalue weighted by atomic mass is 10.1. The van der Waals surface area contributed by atoms with Crippen LogP contribution in [0.3, 0.4) is 0 Å². The highest BCUT2D eigenvalue weighted by Crippen LogP contribution is 2.47. The van der Waals surface area contributed by atoms with Gasteiger partial charge >= 0.3 is 0 Å². The lowest BCUT2D eigenvalue weighted by Crippen LogP contribution is -2.30. The van der Waals surface area contributed by atoms with Crippen LogP contribution in [0.2, 0.25) is 0 Å². The standard InChI is InChI=1S/C29H26FN3O4S/c30-23-5-1-20(2-6-23)18-33(19-21-3-9-25(34)10-4-21)38(36,37)26-11-7-24(8-12-26)32-29(35)28-17-27(28)22-13-15-31-16-14-22/h1-16,27-28,34H,17-19H2,(H,32,35). The molecule has 4 aromatic rings. The molecule has 1 heterocycles. The molecule has 1 aliphatic rings. The molecule has 0 aliphatic heterocycles. The molecule has 1 amide bonds. The van der Waals surface area contributed by atoms with Gasteiger partial charge in [-0.3, -0.25) is 9.78 Å². The van der Waals surface area contributed by atoms with Gasteiger partial charge in [0.2, 0.25) is 15.9 Å². The third-order valence-electron chi connectivity index (χ3n) is 6.59. The van der Waals surface area contributed by atoms with Crippen molar-refractivity contribution in [3.63, 3.8) is 0 Å². The first kappa shape index (κ1) is 25.6. The minimum atomic E-state index is -3.95. The van der Waals surface area contributed by atoms with E-state index in [1.807, 2.05) is 12.1 Å². The number of sulfonamides is 1.